The molecule has 7 nitrogen and oxygen atoms in total. The van der Waals surface area contributed by atoms with E-state index in [9.17, 15) is 9.59 Å². The zero-order valence-electron chi connectivity index (χ0n) is 14.8. The first-order chi connectivity index (χ1) is 13.2. The Morgan fingerprint density at radius 3 is 2.30 bits per heavy atom. The second-order valence-corrected chi connectivity index (χ2v) is 5.66. The molecule has 0 spiro atoms. The second-order valence-electron chi connectivity index (χ2n) is 5.66. The topological polar surface area (TPSA) is 93.5 Å². The number of hydrogen-bond donors (Lipinski definition) is 2. The number of ether oxygens (including phenoxy) is 1. The highest BCUT2D eigenvalue weighted by Gasteiger charge is 2.13. The highest BCUT2D eigenvalue weighted by Crippen LogP contribution is 2.16. The first kappa shape index (κ1) is 18.2. The molecule has 2 aromatic heterocycles. The Labute approximate surface area is 156 Å². The van der Waals surface area contributed by atoms with Crippen LogP contribution in [0, 0.1) is 0 Å². The summed E-state index contributed by atoms with van der Waals surface area (Å²) in [4.78, 5) is 28.7. The van der Waals surface area contributed by atoms with Crippen LogP contribution < -0.4 is 15.4 Å². The van der Waals surface area contributed by atoms with Crippen molar-refractivity contribution in [2.24, 2.45) is 0 Å². The van der Waals surface area contributed by atoms with Crippen molar-refractivity contribution in [3.63, 3.8) is 0 Å². The smallest absolute Gasteiger partial charge is 0.270 e. The van der Waals surface area contributed by atoms with Crippen LogP contribution in [-0.4, -0.2) is 23.9 Å². The highest BCUT2D eigenvalue weighted by molar-refractivity contribution is 5.96. The Morgan fingerprint density at radius 2 is 1.63 bits per heavy atom. The highest BCUT2D eigenvalue weighted by atomic mass is 16.5. The van der Waals surface area contributed by atoms with Gasteiger partial charge >= 0.3 is 0 Å². The zero-order valence-corrected chi connectivity index (χ0v) is 14.8. The van der Waals surface area contributed by atoms with Gasteiger partial charge in [0, 0.05) is 12.1 Å². The fourth-order valence-corrected chi connectivity index (χ4v) is 2.47. The number of carbonyl (C=O) groups excluding carboxylic acids is 2. The number of nitrogens with zero attached hydrogens (tertiary/aromatic N) is 1. The number of carbonyl (C=O) groups is 2. The van der Waals surface area contributed by atoms with Gasteiger partial charge in [-0.25, -0.2) is 4.98 Å². The normalized spacial score (nSPS) is 10.3. The predicted octanol–water partition coefficient (Wildman–Crippen LogP) is 2.54. The van der Waals surface area contributed by atoms with Crippen molar-refractivity contribution in [3.8, 4) is 5.75 Å². The number of methoxy groups -OCH3 is 1. The molecule has 27 heavy (non-hydrogen) atoms. The summed E-state index contributed by atoms with van der Waals surface area (Å²) in [5.41, 5.74) is 1.17. The van der Waals surface area contributed by atoms with Crippen LogP contribution in [0.15, 0.2) is 65.3 Å². The van der Waals surface area contributed by atoms with E-state index in [-0.39, 0.29) is 29.7 Å². The maximum atomic E-state index is 12.4. The van der Waals surface area contributed by atoms with E-state index in [2.05, 4.69) is 15.6 Å². The molecule has 2 N–H and O–H groups in total. The molecule has 0 saturated carbocycles. The van der Waals surface area contributed by atoms with Crippen molar-refractivity contribution in [2.45, 2.75) is 13.1 Å². The third kappa shape index (κ3) is 4.72. The minimum atomic E-state index is -0.384. The van der Waals surface area contributed by atoms with E-state index in [1.165, 1.54) is 6.26 Å². The fourth-order valence-electron chi connectivity index (χ4n) is 2.47. The Kier molecular flexibility index (Phi) is 5.84. The zero-order chi connectivity index (χ0) is 19.1. The lowest BCUT2D eigenvalue weighted by atomic mass is 10.2. The van der Waals surface area contributed by atoms with Gasteiger partial charge in [-0.2, -0.15) is 0 Å². The van der Waals surface area contributed by atoms with Gasteiger partial charge in [-0.15, -0.1) is 0 Å². The number of nitrogens with one attached hydrogen (secondary N) is 2. The maximum Gasteiger partial charge on any atom is 0.270 e. The lowest BCUT2D eigenvalue weighted by Gasteiger charge is -2.10. The number of aromatic nitrogens is 1. The summed E-state index contributed by atoms with van der Waals surface area (Å²) in [6.45, 7) is 0.539. The van der Waals surface area contributed by atoms with Crippen molar-refractivity contribution in [2.75, 3.05) is 7.11 Å². The van der Waals surface area contributed by atoms with Crippen LogP contribution in [0.2, 0.25) is 0 Å². The molecule has 0 aliphatic heterocycles. The lowest BCUT2D eigenvalue weighted by molar-refractivity contribution is 0.0939. The molecule has 0 aliphatic carbocycles. The Morgan fingerprint density at radius 1 is 0.926 bits per heavy atom. The predicted molar refractivity (Wildman–Crippen MR) is 98.3 cm³/mol. The van der Waals surface area contributed by atoms with Crippen LogP contribution in [0.4, 0.5) is 0 Å². The molecule has 2 amide bonds. The van der Waals surface area contributed by atoms with Crippen molar-refractivity contribution in [1.29, 1.82) is 0 Å². The summed E-state index contributed by atoms with van der Waals surface area (Å²) < 4.78 is 10.4. The van der Waals surface area contributed by atoms with E-state index in [0.717, 1.165) is 5.56 Å². The van der Waals surface area contributed by atoms with Gasteiger partial charge in [0.2, 0.25) is 0 Å². The molecule has 0 aliphatic rings. The minimum absolute atomic E-state index is 0.159. The molecule has 0 atom stereocenters. The van der Waals surface area contributed by atoms with E-state index in [1.807, 2.05) is 24.3 Å². The summed E-state index contributed by atoms with van der Waals surface area (Å²) in [6.07, 6.45) is 1.53. The number of hydrogen-bond acceptors (Lipinski definition) is 5. The minimum Gasteiger partial charge on any atom is -0.496 e. The van der Waals surface area contributed by atoms with Gasteiger partial charge in [0.1, 0.15) is 22.9 Å². The van der Waals surface area contributed by atoms with Gasteiger partial charge < -0.3 is 19.8 Å². The Bertz CT molecular complexity index is 922. The van der Waals surface area contributed by atoms with E-state index in [0.29, 0.717) is 18.1 Å². The molecule has 0 bridgehead atoms. The number of benzene rings is 1. The first-order valence-electron chi connectivity index (χ1n) is 8.35. The molecule has 3 aromatic rings. The molecule has 138 valence electrons. The number of para-hydroxylation sites is 1. The van der Waals surface area contributed by atoms with Crippen LogP contribution in [0.1, 0.15) is 32.3 Å². The van der Waals surface area contributed by atoms with Crippen LogP contribution in [0.25, 0.3) is 0 Å². The van der Waals surface area contributed by atoms with Crippen molar-refractivity contribution in [1.82, 2.24) is 15.6 Å². The fraction of sp³-hybridized carbons (Fsp3) is 0.150. The standard InChI is InChI=1S/C20H19N3O4/c1-26-18-10-3-2-6-14(18)12-21-19(24)16-8-4-9-17(23-16)20(25)22-13-15-7-5-11-27-15/h2-11H,12-13H2,1H3,(H,21,24)(H,22,25). The first-order valence-corrected chi connectivity index (χ1v) is 8.35. The third-order valence-corrected chi connectivity index (χ3v) is 3.85. The van der Waals surface area contributed by atoms with Crippen molar-refractivity contribution in [3.05, 3.63) is 83.6 Å². The van der Waals surface area contributed by atoms with Crippen LogP contribution in [0.3, 0.4) is 0 Å². The molecular weight excluding hydrogens is 346 g/mol. The second kappa shape index (κ2) is 8.66. The molecule has 3 rings (SSSR count). The summed E-state index contributed by atoms with van der Waals surface area (Å²) in [5.74, 6) is 0.568. The lowest BCUT2D eigenvalue weighted by Crippen LogP contribution is -2.27. The summed E-state index contributed by atoms with van der Waals surface area (Å²) >= 11 is 0. The molecule has 0 saturated heterocycles. The Balaban J connectivity index is 1.62. The summed E-state index contributed by atoms with van der Waals surface area (Å²) in [6, 6.07) is 15.6. The van der Waals surface area contributed by atoms with E-state index in [1.54, 1.807) is 37.4 Å². The van der Waals surface area contributed by atoms with Gasteiger partial charge in [0.05, 0.1) is 19.9 Å². The maximum absolute atomic E-state index is 12.4. The van der Waals surface area contributed by atoms with Gasteiger partial charge in [-0.05, 0) is 30.3 Å². The summed E-state index contributed by atoms with van der Waals surface area (Å²) in [7, 11) is 1.58. The van der Waals surface area contributed by atoms with Crippen LogP contribution in [-0.2, 0) is 13.1 Å². The molecule has 7 heteroatoms. The van der Waals surface area contributed by atoms with E-state index in [4.69, 9.17) is 9.15 Å². The molecule has 1 aromatic carbocycles. The SMILES string of the molecule is COc1ccccc1CNC(=O)c1cccc(C(=O)NCc2ccco2)n1. The van der Waals surface area contributed by atoms with Crippen molar-refractivity contribution >= 4 is 11.8 Å². The average Bonchev–Trinajstić information content (AvgIpc) is 3.24. The molecule has 0 fully saturated rings. The monoisotopic (exact) mass is 365 g/mol. The van der Waals surface area contributed by atoms with Gasteiger partial charge in [0.15, 0.2) is 0 Å². The number of amides is 2. The number of furan rings is 1. The Hall–Kier alpha value is -3.61. The molecule has 0 unspecified atom stereocenters. The van der Waals surface area contributed by atoms with E-state index < -0.39 is 0 Å². The number of rotatable bonds is 7. The quantitative estimate of drug-likeness (QED) is 0.671. The van der Waals surface area contributed by atoms with Gasteiger partial charge in [-0.3, -0.25) is 9.59 Å². The van der Waals surface area contributed by atoms with E-state index >= 15 is 0 Å². The molecular formula is C20H19N3O4. The van der Waals surface area contributed by atoms with Crippen LogP contribution >= 0.6 is 0 Å². The third-order valence-electron chi connectivity index (χ3n) is 3.85. The molecule has 0 radical (unpaired) electrons. The average molecular weight is 365 g/mol. The van der Waals surface area contributed by atoms with Gasteiger partial charge in [-0.1, -0.05) is 24.3 Å². The molecule has 2 heterocycles. The van der Waals surface area contributed by atoms with Gasteiger partial charge in [0.25, 0.3) is 11.8 Å². The summed E-state index contributed by atoms with van der Waals surface area (Å²) in [5, 5.41) is 5.48. The number of pyridine rings is 1. The largest absolute Gasteiger partial charge is 0.496 e. The van der Waals surface area contributed by atoms with Crippen molar-refractivity contribution < 1.29 is 18.7 Å². The van der Waals surface area contributed by atoms with Crippen LogP contribution in [0.5, 0.6) is 5.75 Å².